The Morgan fingerprint density at radius 2 is 1.89 bits per heavy atom. The molecule has 0 saturated carbocycles. The largest absolute Gasteiger partial charge is 0.494 e. The van der Waals surface area contributed by atoms with Crippen molar-refractivity contribution in [1.82, 2.24) is 25.2 Å². The van der Waals surface area contributed by atoms with E-state index in [-0.39, 0.29) is 24.9 Å². The standard InChI is InChI=1S/C27H31N5O4/c1-3-5-16-31(25(33)19-32-24-11-7-6-10-23(24)29-30-32)26(20-12-14-21(15-13-20)35-4-2)27(34)28-18-22-9-8-17-36-22/h6-15,17,26H,3-5,16,18-19H2,1-2H3,(H,28,34). The zero-order chi connectivity index (χ0) is 25.3. The summed E-state index contributed by atoms with van der Waals surface area (Å²) in [5, 5.41) is 11.3. The number of rotatable bonds is 12. The van der Waals surface area contributed by atoms with Gasteiger partial charge in [0.25, 0.3) is 0 Å². The number of nitrogens with one attached hydrogen (secondary N) is 1. The van der Waals surface area contributed by atoms with Crippen LogP contribution >= 0.6 is 0 Å². The molecule has 1 atom stereocenters. The van der Waals surface area contributed by atoms with Gasteiger partial charge < -0.3 is 19.4 Å². The molecule has 0 spiro atoms. The van der Waals surface area contributed by atoms with Crippen molar-refractivity contribution in [3.63, 3.8) is 0 Å². The molecule has 0 fully saturated rings. The van der Waals surface area contributed by atoms with E-state index in [4.69, 9.17) is 9.15 Å². The van der Waals surface area contributed by atoms with Gasteiger partial charge in [-0.2, -0.15) is 0 Å². The minimum atomic E-state index is -0.829. The summed E-state index contributed by atoms with van der Waals surface area (Å²) >= 11 is 0. The minimum Gasteiger partial charge on any atom is -0.494 e. The van der Waals surface area contributed by atoms with Crippen LogP contribution in [-0.2, 0) is 22.7 Å². The number of amides is 2. The van der Waals surface area contributed by atoms with Gasteiger partial charge in [-0.3, -0.25) is 9.59 Å². The fraction of sp³-hybridized carbons (Fsp3) is 0.333. The first-order valence-corrected chi connectivity index (χ1v) is 12.2. The van der Waals surface area contributed by atoms with Crippen LogP contribution in [0.2, 0.25) is 0 Å². The van der Waals surface area contributed by atoms with Crippen LogP contribution in [0, 0.1) is 0 Å². The lowest BCUT2D eigenvalue weighted by molar-refractivity contribution is -0.141. The Bertz CT molecular complexity index is 1270. The number of hydrogen-bond acceptors (Lipinski definition) is 6. The second-order valence-electron chi connectivity index (χ2n) is 8.38. The third kappa shape index (κ3) is 5.91. The lowest BCUT2D eigenvalue weighted by Gasteiger charge is -2.31. The molecule has 4 rings (SSSR count). The van der Waals surface area contributed by atoms with Gasteiger partial charge in [-0.15, -0.1) is 5.10 Å². The normalized spacial score (nSPS) is 11.8. The van der Waals surface area contributed by atoms with Gasteiger partial charge in [-0.05, 0) is 55.3 Å². The monoisotopic (exact) mass is 489 g/mol. The summed E-state index contributed by atoms with van der Waals surface area (Å²) in [6.07, 6.45) is 3.19. The summed E-state index contributed by atoms with van der Waals surface area (Å²) in [5.41, 5.74) is 2.18. The number of furan rings is 1. The molecule has 0 radical (unpaired) electrons. The summed E-state index contributed by atoms with van der Waals surface area (Å²) in [5.74, 6) is 0.834. The quantitative estimate of drug-likeness (QED) is 0.321. The molecule has 0 aliphatic carbocycles. The van der Waals surface area contributed by atoms with E-state index in [1.165, 1.54) is 0 Å². The van der Waals surface area contributed by atoms with Crippen LogP contribution in [0.4, 0.5) is 0 Å². The van der Waals surface area contributed by atoms with E-state index in [0.29, 0.717) is 35.7 Å². The van der Waals surface area contributed by atoms with Crippen LogP contribution < -0.4 is 10.1 Å². The molecule has 0 aliphatic rings. The molecule has 2 aromatic carbocycles. The smallest absolute Gasteiger partial charge is 0.247 e. The number of fused-ring (bicyclic) bond motifs is 1. The van der Waals surface area contributed by atoms with Gasteiger partial charge >= 0.3 is 0 Å². The van der Waals surface area contributed by atoms with E-state index in [0.717, 1.165) is 18.4 Å². The molecule has 2 heterocycles. The molecule has 4 aromatic rings. The van der Waals surface area contributed by atoms with Gasteiger partial charge in [-0.25, -0.2) is 4.68 Å². The predicted molar refractivity (Wildman–Crippen MR) is 135 cm³/mol. The summed E-state index contributed by atoms with van der Waals surface area (Å²) in [6, 6.07) is 17.5. The Morgan fingerprint density at radius 1 is 1.08 bits per heavy atom. The highest BCUT2D eigenvalue weighted by Gasteiger charge is 2.31. The van der Waals surface area contributed by atoms with E-state index < -0.39 is 6.04 Å². The lowest BCUT2D eigenvalue weighted by atomic mass is 10.0. The lowest BCUT2D eigenvalue weighted by Crippen LogP contribution is -2.45. The van der Waals surface area contributed by atoms with Crippen LogP contribution in [0.25, 0.3) is 11.0 Å². The first kappa shape index (κ1) is 25.0. The molecule has 9 heteroatoms. The highest BCUT2D eigenvalue weighted by molar-refractivity contribution is 5.89. The van der Waals surface area contributed by atoms with Gasteiger partial charge in [0, 0.05) is 6.54 Å². The summed E-state index contributed by atoms with van der Waals surface area (Å²) in [4.78, 5) is 28.9. The number of hydrogen-bond donors (Lipinski definition) is 1. The highest BCUT2D eigenvalue weighted by Crippen LogP contribution is 2.25. The number of unbranched alkanes of at least 4 members (excludes halogenated alkanes) is 1. The summed E-state index contributed by atoms with van der Waals surface area (Å²) in [6.45, 7) is 5.13. The van der Waals surface area contributed by atoms with E-state index in [1.807, 2.05) is 55.5 Å². The Kier molecular flexibility index (Phi) is 8.33. The van der Waals surface area contributed by atoms with Crippen LogP contribution in [0.5, 0.6) is 5.75 Å². The van der Waals surface area contributed by atoms with E-state index in [9.17, 15) is 9.59 Å². The molecule has 9 nitrogen and oxygen atoms in total. The predicted octanol–water partition coefficient (Wildman–Crippen LogP) is 4.11. The molecule has 188 valence electrons. The second-order valence-corrected chi connectivity index (χ2v) is 8.38. The Hall–Kier alpha value is -4.14. The van der Waals surface area contributed by atoms with Gasteiger partial charge in [-0.1, -0.05) is 42.8 Å². The van der Waals surface area contributed by atoms with Crippen molar-refractivity contribution >= 4 is 22.8 Å². The number of para-hydroxylation sites is 1. The molecule has 1 unspecified atom stereocenters. The zero-order valence-corrected chi connectivity index (χ0v) is 20.6. The molecule has 2 amide bonds. The summed E-state index contributed by atoms with van der Waals surface area (Å²) < 4.78 is 12.5. The zero-order valence-electron chi connectivity index (χ0n) is 20.6. The number of aromatic nitrogens is 3. The first-order valence-electron chi connectivity index (χ1n) is 12.2. The average Bonchev–Trinajstić information content (AvgIpc) is 3.56. The fourth-order valence-electron chi connectivity index (χ4n) is 4.05. The van der Waals surface area contributed by atoms with E-state index in [2.05, 4.69) is 22.6 Å². The number of ether oxygens (including phenoxy) is 1. The Morgan fingerprint density at radius 3 is 2.61 bits per heavy atom. The third-order valence-electron chi connectivity index (χ3n) is 5.86. The van der Waals surface area contributed by atoms with Crippen LogP contribution in [0.3, 0.4) is 0 Å². The molecule has 2 aromatic heterocycles. The van der Waals surface area contributed by atoms with Gasteiger partial charge in [0.1, 0.15) is 29.6 Å². The van der Waals surface area contributed by atoms with Crippen molar-refractivity contribution in [3.8, 4) is 5.75 Å². The maximum Gasteiger partial charge on any atom is 0.247 e. The van der Waals surface area contributed by atoms with Crippen molar-refractivity contribution < 1.29 is 18.7 Å². The van der Waals surface area contributed by atoms with Gasteiger partial charge in [0.15, 0.2) is 0 Å². The minimum absolute atomic E-state index is 0.0246. The molecule has 0 saturated heterocycles. The average molecular weight is 490 g/mol. The summed E-state index contributed by atoms with van der Waals surface area (Å²) in [7, 11) is 0. The van der Waals surface area contributed by atoms with Gasteiger partial charge in [0.05, 0.1) is 24.9 Å². The molecular formula is C27H31N5O4. The number of nitrogens with zero attached hydrogens (tertiary/aromatic N) is 4. The molecule has 0 bridgehead atoms. The Balaban J connectivity index is 1.64. The second kappa shape index (κ2) is 12.0. The van der Waals surface area contributed by atoms with Crippen LogP contribution in [0.1, 0.15) is 44.1 Å². The number of carbonyl (C=O) groups excluding carboxylic acids is 2. The first-order chi connectivity index (χ1) is 17.6. The van der Waals surface area contributed by atoms with Crippen molar-refractivity contribution in [2.75, 3.05) is 13.2 Å². The van der Waals surface area contributed by atoms with Gasteiger partial charge in [0.2, 0.25) is 11.8 Å². The van der Waals surface area contributed by atoms with Crippen LogP contribution in [0.15, 0.2) is 71.3 Å². The van der Waals surface area contributed by atoms with E-state index in [1.54, 1.807) is 28.0 Å². The van der Waals surface area contributed by atoms with Crippen molar-refractivity contribution in [3.05, 3.63) is 78.3 Å². The van der Waals surface area contributed by atoms with Crippen molar-refractivity contribution in [2.24, 2.45) is 0 Å². The maximum atomic E-state index is 13.7. The third-order valence-corrected chi connectivity index (χ3v) is 5.86. The van der Waals surface area contributed by atoms with Crippen molar-refractivity contribution in [1.29, 1.82) is 0 Å². The highest BCUT2D eigenvalue weighted by atomic mass is 16.5. The molecule has 36 heavy (non-hydrogen) atoms. The number of benzene rings is 2. The SMILES string of the molecule is CCCCN(C(=O)Cn1nnc2ccccc21)C(C(=O)NCc1ccco1)c1ccc(OCC)cc1. The Labute approximate surface area is 210 Å². The molecule has 1 N–H and O–H groups in total. The number of carbonyl (C=O) groups is 2. The maximum absolute atomic E-state index is 13.7. The van der Waals surface area contributed by atoms with Crippen LogP contribution in [-0.4, -0.2) is 44.9 Å². The van der Waals surface area contributed by atoms with E-state index >= 15 is 0 Å². The topological polar surface area (TPSA) is 102 Å². The molecular weight excluding hydrogens is 458 g/mol. The fourth-order valence-corrected chi connectivity index (χ4v) is 4.05. The molecule has 0 aliphatic heterocycles. The van der Waals surface area contributed by atoms with Crippen molar-refractivity contribution in [2.45, 2.75) is 45.8 Å².